The van der Waals surface area contributed by atoms with Crippen molar-refractivity contribution in [2.75, 3.05) is 0 Å². The van der Waals surface area contributed by atoms with Crippen molar-refractivity contribution in [3.63, 3.8) is 0 Å². The second-order valence-electron chi connectivity index (χ2n) is 3.93. The molecule has 0 spiro atoms. The minimum atomic E-state index is -0.00926. The standard InChI is InChI=1S/C9H16N2S/c1-7(2)12-8(11-6-10)9(3,4)5/h7H,1-5H3/b11-8-. The maximum Gasteiger partial charge on any atom is 0.206 e. The van der Waals surface area contributed by atoms with E-state index >= 15 is 0 Å². The number of rotatable bonds is 1. The molecule has 12 heavy (non-hydrogen) atoms. The van der Waals surface area contributed by atoms with Crippen molar-refractivity contribution in [1.82, 2.24) is 0 Å². The molecule has 0 unspecified atom stereocenters. The molecule has 0 aromatic carbocycles. The highest BCUT2D eigenvalue weighted by molar-refractivity contribution is 8.14. The molecule has 2 nitrogen and oxygen atoms in total. The monoisotopic (exact) mass is 184 g/mol. The molecule has 0 aromatic rings. The summed E-state index contributed by atoms with van der Waals surface area (Å²) in [5.41, 5.74) is -0.00926. The first-order valence-corrected chi connectivity index (χ1v) is 4.90. The van der Waals surface area contributed by atoms with Crippen LogP contribution in [0.1, 0.15) is 34.6 Å². The van der Waals surface area contributed by atoms with E-state index in [2.05, 4.69) is 39.6 Å². The van der Waals surface area contributed by atoms with E-state index in [9.17, 15) is 0 Å². The first kappa shape index (κ1) is 11.5. The molecule has 0 saturated heterocycles. The summed E-state index contributed by atoms with van der Waals surface area (Å²) in [6.07, 6.45) is 1.85. The quantitative estimate of drug-likeness (QED) is 0.357. The summed E-state index contributed by atoms with van der Waals surface area (Å²) in [5, 5.41) is 9.86. The van der Waals surface area contributed by atoms with Gasteiger partial charge in [0.2, 0.25) is 6.19 Å². The molecule has 0 heterocycles. The maximum atomic E-state index is 8.46. The third-order valence-corrected chi connectivity index (χ3v) is 2.54. The van der Waals surface area contributed by atoms with Gasteiger partial charge in [-0.15, -0.1) is 11.8 Å². The highest BCUT2D eigenvalue weighted by Crippen LogP contribution is 2.27. The Labute approximate surface area is 79.1 Å². The Morgan fingerprint density at radius 1 is 1.42 bits per heavy atom. The zero-order valence-corrected chi connectivity index (χ0v) is 9.20. The number of thioether (sulfide) groups is 1. The van der Waals surface area contributed by atoms with Gasteiger partial charge in [-0.2, -0.15) is 10.3 Å². The first-order valence-electron chi connectivity index (χ1n) is 4.02. The molecular formula is C9H16N2S. The lowest BCUT2D eigenvalue weighted by Gasteiger charge is -2.20. The van der Waals surface area contributed by atoms with Crippen LogP contribution in [-0.2, 0) is 0 Å². The summed E-state index contributed by atoms with van der Waals surface area (Å²) in [5.74, 6) is 0. The largest absolute Gasteiger partial charge is 0.206 e. The lowest BCUT2D eigenvalue weighted by atomic mass is 9.99. The average Bonchev–Trinajstić information content (AvgIpc) is 1.83. The second kappa shape index (κ2) is 4.51. The first-order chi connectivity index (χ1) is 5.38. The van der Waals surface area contributed by atoms with E-state index in [0.29, 0.717) is 5.25 Å². The Morgan fingerprint density at radius 3 is 2.17 bits per heavy atom. The fourth-order valence-corrected chi connectivity index (χ4v) is 1.53. The number of nitriles is 1. The van der Waals surface area contributed by atoms with Crippen LogP contribution in [0, 0.1) is 16.9 Å². The van der Waals surface area contributed by atoms with Gasteiger partial charge in [0.15, 0.2) is 0 Å². The normalized spacial score (nSPS) is 13.2. The second-order valence-corrected chi connectivity index (χ2v) is 5.50. The molecule has 0 N–H and O–H groups in total. The zero-order valence-electron chi connectivity index (χ0n) is 8.38. The minimum Gasteiger partial charge on any atom is -0.171 e. The van der Waals surface area contributed by atoms with Crippen LogP contribution < -0.4 is 0 Å². The Hall–Kier alpha value is -0.490. The van der Waals surface area contributed by atoms with Crippen LogP contribution >= 0.6 is 11.8 Å². The Bertz CT molecular complexity index is 206. The molecule has 0 radical (unpaired) electrons. The fourth-order valence-electron chi connectivity index (χ4n) is 0.640. The topological polar surface area (TPSA) is 36.1 Å². The zero-order chi connectivity index (χ0) is 9.78. The molecule has 0 amide bonds. The molecule has 0 fully saturated rings. The van der Waals surface area contributed by atoms with Gasteiger partial charge in [-0.25, -0.2) is 0 Å². The Morgan fingerprint density at radius 2 is 1.92 bits per heavy atom. The van der Waals surface area contributed by atoms with E-state index < -0.39 is 0 Å². The summed E-state index contributed by atoms with van der Waals surface area (Å²) in [4.78, 5) is 3.82. The third kappa shape index (κ3) is 4.40. The van der Waals surface area contributed by atoms with Crippen molar-refractivity contribution < 1.29 is 0 Å². The van der Waals surface area contributed by atoms with Gasteiger partial charge in [0.25, 0.3) is 0 Å². The maximum absolute atomic E-state index is 8.46. The predicted octanol–water partition coefficient (Wildman–Crippen LogP) is 3.05. The summed E-state index contributed by atoms with van der Waals surface area (Å²) in [6, 6.07) is 0. The SMILES string of the molecule is CC(C)S/C(=N\C#N)C(C)(C)C. The molecule has 0 rings (SSSR count). The molecule has 0 saturated carbocycles. The lowest BCUT2D eigenvalue weighted by Crippen LogP contribution is -2.18. The van der Waals surface area contributed by atoms with E-state index in [-0.39, 0.29) is 5.41 Å². The highest BCUT2D eigenvalue weighted by Gasteiger charge is 2.20. The third-order valence-electron chi connectivity index (χ3n) is 1.14. The number of hydrogen-bond donors (Lipinski definition) is 0. The molecule has 0 aromatic heterocycles. The Balaban J connectivity index is 4.50. The van der Waals surface area contributed by atoms with Crippen LogP contribution in [0.2, 0.25) is 0 Å². The van der Waals surface area contributed by atoms with E-state index in [1.165, 1.54) is 0 Å². The average molecular weight is 184 g/mol. The predicted molar refractivity (Wildman–Crippen MR) is 55.2 cm³/mol. The minimum absolute atomic E-state index is 0.00926. The van der Waals surface area contributed by atoms with Gasteiger partial charge >= 0.3 is 0 Å². The van der Waals surface area contributed by atoms with Gasteiger partial charge in [-0.3, -0.25) is 0 Å². The lowest BCUT2D eigenvalue weighted by molar-refractivity contribution is 0.602. The van der Waals surface area contributed by atoms with Gasteiger partial charge in [-0.1, -0.05) is 34.6 Å². The summed E-state index contributed by atoms with van der Waals surface area (Å²) in [6.45, 7) is 10.4. The van der Waals surface area contributed by atoms with Gasteiger partial charge in [-0.05, 0) is 0 Å². The smallest absolute Gasteiger partial charge is 0.171 e. The molecule has 0 atom stereocenters. The van der Waals surface area contributed by atoms with Gasteiger partial charge in [0, 0.05) is 10.7 Å². The Kier molecular flexibility index (Phi) is 4.33. The molecular weight excluding hydrogens is 168 g/mol. The van der Waals surface area contributed by atoms with Crippen LogP contribution in [0.15, 0.2) is 4.99 Å². The van der Waals surface area contributed by atoms with Crippen LogP contribution in [0.5, 0.6) is 0 Å². The van der Waals surface area contributed by atoms with Crippen LogP contribution in [0.4, 0.5) is 0 Å². The molecule has 0 aliphatic heterocycles. The van der Waals surface area contributed by atoms with Crippen molar-refractivity contribution in [3.8, 4) is 6.19 Å². The van der Waals surface area contributed by atoms with Crippen molar-refractivity contribution >= 4 is 16.8 Å². The van der Waals surface area contributed by atoms with E-state index in [0.717, 1.165) is 5.04 Å². The number of hydrogen-bond acceptors (Lipinski definition) is 3. The van der Waals surface area contributed by atoms with Gasteiger partial charge in [0.1, 0.15) is 0 Å². The van der Waals surface area contributed by atoms with Crippen LogP contribution in [-0.4, -0.2) is 10.3 Å². The van der Waals surface area contributed by atoms with Crippen LogP contribution in [0.3, 0.4) is 0 Å². The molecule has 0 aliphatic carbocycles. The van der Waals surface area contributed by atoms with Crippen molar-refractivity contribution in [2.45, 2.75) is 39.9 Å². The number of nitrogens with zero attached hydrogens (tertiary/aromatic N) is 2. The van der Waals surface area contributed by atoms with Crippen molar-refractivity contribution in [2.24, 2.45) is 10.4 Å². The summed E-state index contributed by atoms with van der Waals surface area (Å²) < 4.78 is 0. The summed E-state index contributed by atoms with van der Waals surface area (Å²) >= 11 is 1.66. The summed E-state index contributed by atoms with van der Waals surface area (Å²) in [7, 11) is 0. The van der Waals surface area contributed by atoms with Crippen molar-refractivity contribution in [1.29, 1.82) is 5.26 Å². The molecule has 0 aliphatic rings. The van der Waals surface area contributed by atoms with E-state index in [1.54, 1.807) is 11.8 Å². The molecule has 68 valence electrons. The number of aliphatic imine (C=N–C) groups is 1. The van der Waals surface area contributed by atoms with Gasteiger partial charge < -0.3 is 0 Å². The van der Waals surface area contributed by atoms with Gasteiger partial charge in [0.05, 0.1) is 5.04 Å². The highest BCUT2D eigenvalue weighted by atomic mass is 32.2. The van der Waals surface area contributed by atoms with Crippen LogP contribution in [0.25, 0.3) is 0 Å². The van der Waals surface area contributed by atoms with Crippen molar-refractivity contribution in [3.05, 3.63) is 0 Å². The van der Waals surface area contributed by atoms with E-state index in [4.69, 9.17) is 5.26 Å². The van der Waals surface area contributed by atoms with E-state index in [1.807, 2.05) is 6.19 Å². The molecule has 0 bridgehead atoms. The molecule has 3 heteroatoms. The fraction of sp³-hybridized carbons (Fsp3) is 0.778.